The Hall–Kier alpha value is -3.61. The lowest BCUT2D eigenvalue weighted by molar-refractivity contribution is -0.359. The summed E-state index contributed by atoms with van der Waals surface area (Å²) < 4.78 is 22.8. The summed E-state index contributed by atoms with van der Waals surface area (Å²) in [7, 11) is 0. The van der Waals surface area contributed by atoms with Crippen molar-refractivity contribution in [1.29, 1.82) is 0 Å². The average Bonchev–Trinajstić information content (AvgIpc) is 2.53. The van der Waals surface area contributed by atoms with Crippen LogP contribution in [0.1, 0.15) is 232 Å². The Morgan fingerprint density at radius 3 is 1.28 bits per heavy atom. The van der Waals surface area contributed by atoms with Crippen LogP contribution in [0.25, 0.3) is 0 Å². The molecule has 0 radical (unpaired) electrons. The summed E-state index contributed by atoms with van der Waals surface area (Å²) in [6, 6.07) is -0.955. The normalized spacial score (nSPS) is 24.2. The number of aliphatic hydroxyl groups excluding tert-OH is 8. The molecule has 9 N–H and O–H groups in total. The molecule has 14 heteroatoms. The summed E-state index contributed by atoms with van der Waals surface area (Å²) in [5.41, 5.74) is 0. The van der Waals surface area contributed by atoms with Crippen LogP contribution >= 0.6 is 0 Å². The van der Waals surface area contributed by atoms with Crippen LogP contribution in [0.4, 0.5) is 0 Å². The Balaban J connectivity index is 1.74. The molecule has 0 aliphatic carbocycles. The van der Waals surface area contributed by atoms with Crippen molar-refractivity contribution in [1.82, 2.24) is 5.32 Å². The number of carbonyl (C=O) groups is 1. The molecule has 1 amide bonds. The van der Waals surface area contributed by atoms with Gasteiger partial charge in [0.2, 0.25) is 5.91 Å². The van der Waals surface area contributed by atoms with Gasteiger partial charge in [-0.05, 0) is 103 Å². The second-order valence-electron chi connectivity index (χ2n) is 23.2. The van der Waals surface area contributed by atoms with Crippen molar-refractivity contribution in [2.24, 2.45) is 0 Å². The molecule has 2 aliphatic heterocycles. The Morgan fingerprint density at radius 2 is 0.814 bits per heavy atom. The number of rotatable bonds is 53. The van der Waals surface area contributed by atoms with Gasteiger partial charge >= 0.3 is 0 Å². The second kappa shape index (κ2) is 55.5. The highest BCUT2D eigenvalue weighted by Gasteiger charge is 2.51. The molecule has 14 nitrogen and oxygen atoms in total. The minimum atomic E-state index is -1.80. The van der Waals surface area contributed by atoms with Crippen LogP contribution in [0.2, 0.25) is 0 Å². The predicted octanol–water partition coefficient (Wildman–Crippen LogP) is 13.3. The Kier molecular flexibility index (Phi) is 50.6. The van der Waals surface area contributed by atoms with E-state index in [1.54, 1.807) is 6.08 Å². The first-order chi connectivity index (χ1) is 42.1. The molecule has 2 aliphatic rings. The van der Waals surface area contributed by atoms with Gasteiger partial charge in [0.25, 0.3) is 0 Å². The van der Waals surface area contributed by atoms with Crippen LogP contribution in [0.15, 0.2) is 122 Å². The number of nitrogens with one attached hydrogen (secondary N) is 1. The monoisotopic (exact) mass is 1210 g/mol. The first-order valence-electron chi connectivity index (χ1n) is 33.8. The van der Waals surface area contributed by atoms with E-state index in [1.165, 1.54) is 83.5 Å². The molecular weight excluding hydrogens is 1090 g/mol. The molecular formula is C72H121NO13. The fourth-order valence-electron chi connectivity index (χ4n) is 10.2. The molecule has 86 heavy (non-hydrogen) atoms. The van der Waals surface area contributed by atoms with Crippen LogP contribution in [0, 0.1) is 0 Å². The lowest BCUT2D eigenvalue weighted by Gasteiger charge is -2.46. The minimum absolute atomic E-state index is 0.249. The minimum Gasteiger partial charge on any atom is -0.394 e. The SMILES string of the molecule is CC/C=C\C/C=C\C/C=C\C/C=C\C/C=C\C/C=C\C/C=C\CCCCCCCCCC(=O)NC(COC1OC(CO)C(OC2OC(CO)C(O)C(O)C2O)C(O)C1O)C(O)/C=C/CC/C=C/CC/C=C/CCCCCCCCCCCCCCC. The molecule has 0 saturated carbocycles. The van der Waals surface area contributed by atoms with E-state index < -0.39 is 86.8 Å². The van der Waals surface area contributed by atoms with Crippen molar-refractivity contribution in [2.45, 2.75) is 306 Å². The summed E-state index contributed by atoms with van der Waals surface area (Å²) in [5.74, 6) is -0.269. The Morgan fingerprint density at radius 1 is 0.430 bits per heavy atom. The number of allylic oxidation sites excluding steroid dienone is 19. The predicted molar refractivity (Wildman–Crippen MR) is 350 cm³/mol. The van der Waals surface area contributed by atoms with E-state index in [1.807, 2.05) is 6.08 Å². The van der Waals surface area contributed by atoms with E-state index in [0.29, 0.717) is 12.8 Å². The van der Waals surface area contributed by atoms with Gasteiger partial charge in [-0.15, -0.1) is 0 Å². The topological polar surface area (TPSA) is 228 Å². The number of carbonyl (C=O) groups excluding carboxylic acids is 1. The van der Waals surface area contributed by atoms with Crippen molar-refractivity contribution in [2.75, 3.05) is 19.8 Å². The van der Waals surface area contributed by atoms with Crippen LogP contribution in [-0.2, 0) is 23.7 Å². The molecule has 12 atom stereocenters. The second-order valence-corrected chi connectivity index (χ2v) is 23.2. The maximum atomic E-state index is 13.3. The van der Waals surface area contributed by atoms with Crippen LogP contribution in [0.5, 0.6) is 0 Å². The van der Waals surface area contributed by atoms with Crippen LogP contribution in [-0.4, -0.2) is 140 Å². The van der Waals surface area contributed by atoms with Crippen molar-refractivity contribution in [3.8, 4) is 0 Å². The third kappa shape index (κ3) is 39.4. The number of aliphatic hydroxyl groups is 8. The molecule has 0 aromatic heterocycles. The molecule has 0 spiro atoms. The fourth-order valence-corrected chi connectivity index (χ4v) is 10.2. The summed E-state index contributed by atoms with van der Waals surface area (Å²) in [6.45, 7) is 2.65. The van der Waals surface area contributed by atoms with E-state index in [0.717, 1.165) is 116 Å². The summed E-state index contributed by atoms with van der Waals surface area (Å²) in [5, 5.41) is 87.3. The van der Waals surface area contributed by atoms with E-state index in [2.05, 4.69) is 129 Å². The van der Waals surface area contributed by atoms with E-state index in [9.17, 15) is 45.6 Å². The maximum Gasteiger partial charge on any atom is 0.220 e. The lowest BCUT2D eigenvalue weighted by atomic mass is 9.97. The molecule has 2 heterocycles. The zero-order chi connectivity index (χ0) is 62.3. The third-order valence-electron chi connectivity index (χ3n) is 15.6. The summed E-state index contributed by atoms with van der Waals surface area (Å²) >= 11 is 0. The van der Waals surface area contributed by atoms with Gasteiger partial charge in [-0.3, -0.25) is 4.79 Å². The Labute approximate surface area is 520 Å². The highest BCUT2D eigenvalue weighted by molar-refractivity contribution is 5.76. The van der Waals surface area contributed by atoms with Crippen molar-refractivity contribution >= 4 is 5.91 Å². The highest BCUT2D eigenvalue weighted by atomic mass is 16.7. The maximum absolute atomic E-state index is 13.3. The Bertz CT molecular complexity index is 1910. The van der Waals surface area contributed by atoms with E-state index >= 15 is 0 Å². The molecule has 0 bridgehead atoms. The van der Waals surface area contributed by atoms with Crippen molar-refractivity contribution < 1.29 is 64.6 Å². The van der Waals surface area contributed by atoms with Crippen molar-refractivity contribution in [3.05, 3.63) is 122 Å². The molecule has 2 saturated heterocycles. The van der Waals surface area contributed by atoms with Gasteiger partial charge in [0, 0.05) is 6.42 Å². The average molecular weight is 1210 g/mol. The molecule has 2 rings (SSSR count). The zero-order valence-electron chi connectivity index (χ0n) is 53.3. The zero-order valence-corrected chi connectivity index (χ0v) is 53.3. The fraction of sp³-hybridized carbons (Fsp3) is 0.708. The number of amides is 1. The molecule has 12 unspecified atom stereocenters. The molecule has 0 aromatic rings. The van der Waals surface area contributed by atoms with E-state index in [-0.39, 0.29) is 18.9 Å². The van der Waals surface area contributed by atoms with Gasteiger partial charge in [0.15, 0.2) is 12.6 Å². The molecule has 2 fully saturated rings. The first-order valence-corrected chi connectivity index (χ1v) is 33.8. The number of hydrogen-bond donors (Lipinski definition) is 9. The third-order valence-corrected chi connectivity index (χ3v) is 15.6. The first kappa shape index (κ1) is 78.5. The molecule has 0 aromatic carbocycles. The number of ether oxygens (including phenoxy) is 4. The van der Waals surface area contributed by atoms with Gasteiger partial charge in [-0.1, -0.05) is 245 Å². The number of unbranched alkanes of at least 4 members (excludes halogenated alkanes) is 22. The van der Waals surface area contributed by atoms with Gasteiger partial charge in [0.1, 0.15) is 48.8 Å². The van der Waals surface area contributed by atoms with Gasteiger partial charge in [-0.25, -0.2) is 0 Å². The van der Waals surface area contributed by atoms with Crippen LogP contribution in [0.3, 0.4) is 0 Å². The highest BCUT2D eigenvalue weighted by Crippen LogP contribution is 2.30. The smallest absolute Gasteiger partial charge is 0.220 e. The molecule has 492 valence electrons. The van der Waals surface area contributed by atoms with E-state index in [4.69, 9.17) is 18.9 Å². The summed E-state index contributed by atoms with van der Waals surface area (Å²) in [6.07, 6.45) is 63.8. The standard InChI is InChI=1S/C72H121NO13/c1-3-5-7-9-11-13-15-17-19-21-23-25-27-28-29-30-31-32-34-36-38-40-42-44-46-48-50-52-54-56-64(77)73-60(59-83-71-69(82)67(80)70(63(58-75)85-71)86-72-68(81)66(79)65(78)62(57-74)84-72)61(76)55-53-51-49-47-45-43-41-39-37-35-33-26-24-22-20-18-16-14-12-10-8-6-4-2/h5,7,11,13,17,19,23,25,28-29,31-32,36-39,45,47,53,55,60-63,65-72,74-76,78-82H,3-4,6,8-10,12,14-16,18,20-22,24,26-27,30,33-35,40-44,46,48-52,54,56-59H2,1-2H3,(H,73,77)/b7-5-,13-11-,19-17-,25-23-,29-28-,32-31-,38-36-,39-37+,47-45+,55-53+. The largest absolute Gasteiger partial charge is 0.394 e. The van der Waals surface area contributed by atoms with Crippen molar-refractivity contribution in [3.63, 3.8) is 0 Å². The quantitative estimate of drug-likeness (QED) is 0.0204. The van der Waals surface area contributed by atoms with Crippen LogP contribution < -0.4 is 5.32 Å². The summed E-state index contributed by atoms with van der Waals surface area (Å²) in [4.78, 5) is 13.3. The number of hydrogen-bond acceptors (Lipinski definition) is 13. The lowest BCUT2D eigenvalue weighted by Crippen LogP contribution is -2.65. The van der Waals surface area contributed by atoms with Gasteiger partial charge in [-0.2, -0.15) is 0 Å². The van der Waals surface area contributed by atoms with Gasteiger partial charge < -0.3 is 65.1 Å². The van der Waals surface area contributed by atoms with Gasteiger partial charge in [0.05, 0.1) is 32.0 Å².